The molecule has 2 aromatic rings. The van der Waals surface area contributed by atoms with Crippen molar-refractivity contribution in [2.75, 3.05) is 0 Å². The Bertz CT molecular complexity index is 507. The van der Waals surface area contributed by atoms with Crippen molar-refractivity contribution in [1.29, 1.82) is 0 Å². The summed E-state index contributed by atoms with van der Waals surface area (Å²) in [6.45, 7) is 1.47. The summed E-state index contributed by atoms with van der Waals surface area (Å²) in [6.07, 6.45) is 2.63. The van der Waals surface area contributed by atoms with Gasteiger partial charge in [-0.1, -0.05) is 0 Å². The highest BCUT2D eigenvalue weighted by atomic mass is 19.3. The summed E-state index contributed by atoms with van der Waals surface area (Å²) in [7, 11) is 0. The third kappa shape index (κ3) is 2.76. The Morgan fingerprint density at radius 1 is 1.44 bits per heavy atom. The summed E-state index contributed by atoms with van der Waals surface area (Å²) < 4.78 is 31.5. The van der Waals surface area contributed by atoms with Crippen molar-refractivity contribution in [2.24, 2.45) is 0 Å². The number of aromatic nitrogens is 2. The molecule has 1 unspecified atom stereocenters. The molecule has 0 radical (unpaired) electrons. The molecule has 0 bridgehead atoms. The number of nitrogens with zero attached hydrogens (tertiary/aromatic N) is 2. The van der Waals surface area contributed by atoms with Crippen LogP contribution in [0, 0.1) is 6.92 Å². The Labute approximate surface area is 104 Å². The van der Waals surface area contributed by atoms with Gasteiger partial charge in [0.15, 0.2) is 0 Å². The molecule has 0 aromatic carbocycles. The fourth-order valence-electron chi connectivity index (χ4n) is 1.69. The van der Waals surface area contributed by atoms with Crippen LogP contribution in [-0.2, 0) is 6.54 Å². The van der Waals surface area contributed by atoms with Crippen LogP contribution in [0.5, 0.6) is 0 Å². The van der Waals surface area contributed by atoms with Crippen molar-refractivity contribution in [1.82, 2.24) is 14.9 Å². The molecule has 1 N–H and O–H groups in total. The number of rotatable bonds is 5. The fourth-order valence-corrected chi connectivity index (χ4v) is 1.69. The van der Waals surface area contributed by atoms with Crippen LogP contribution in [0.25, 0.3) is 0 Å². The fraction of sp³-hybridized carbons (Fsp3) is 0.417. The maximum Gasteiger partial charge on any atom is 0.319 e. The van der Waals surface area contributed by atoms with E-state index in [4.69, 9.17) is 4.42 Å². The first kappa shape index (κ1) is 12.8. The number of hydrogen-bond acceptors (Lipinski definition) is 3. The molecule has 0 aliphatic carbocycles. The topological polar surface area (TPSA) is 43.0 Å². The predicted octanol–water partition coefficient (Wildman–Crippen LogP) is 3.03. The van der Waals surface area contributed by atoms with Gasteiger partial charge in [0.2, 0.25) is 0 Å². The van der Waals surface area contributed by atoms with Crippen molar-refractivity contribution >= 4 is 0 Å². The van der Waals surface area contributed by atoms with Crippen molar-refractivity contribution in [3.8, 4) is 0 Å². The normalized spacial score (nSPS) is 13.2. The maximum atomic E-state index is 12.6. The van der Waals surface area contributed by atoms with Gasteiger partial charge in [-0.05, 0) is 26.0 Å². The average Bonchev–Trinajstić information content (AvgIpc) is 2.94. The van der Waals surface area contributed by atoms with E-state index in [1.807, 2.05) is 26.0 Å². The Morgan fingerprint density at radius 2 is 2.22 bits per heavy atom. The quantitative estimate of drug-likeness (QED) is 0.893. The highest BCUT2D eigenvalue weighted by Gasteiger charge is 2.13. The average molecular weight is 255 g/mol. The van der Waals surface area contributed by atoms with Crippen LogP contribution in [0.1, 0.15) is 36.9 Å². The molecule has 0 fully saturated rings. The van der Waals surface area contributed by atoms with E-state index in [0.717, 1.165) is 16.1 Å². The van der Waals surface area contributed by atoms with E-state index in [-0.39, 0.29) is 12.6 Å². The Morgan fingerprint density at radius 3 is 2.83 bits per heavy atom. The summed E-state index contributed by atoms with van der Waals surface area (Å²) in [4.78, 5) is 3.90. The van der Waals surface area contributed by atoms with Gasteiger partial charge in [-0.25, -0.2) is 4.98 Å². The molecule has 2 aromatic heterocycles. The largest absolute Gasteiger partial charge is 0.465 e. The van der Waals surface area contributed by atoms with Gasteiger partial charge in [-0.15, -0.1) is 0 Å². The smallest absolute Gasteiger partial charge is 0.319 e. The Hall–Kier alpha value is -1.69. The molecule has 4 nitrogen and oxygen atoms in total. The second-order valence-corrected chi connectivity index (χ2v) is 4.08. The van der Waals surface area contributed by atoms with E-state index in [2.05, 4.69) is 10.3 Å². The molecule has 2 heterocycles. The van der Waals surface area contributed by atoms with E-state index >= 15 is 0 Å². The Kier molecular flexibility index (Phi) is 3.76. The number of nitrogens with one attached hydrogen (secondary N) is 1. The molecule has 0 spiro atoms. The third-order valence-electron chi connectivity index (χ3n) is 2.71. The zero-order valence-electron chi connectivity index (χ0n) is 10.2. The second kappa shape index (κ2) is 5.30. The van der Waals surface area contributed by atoms with Crippen molar-refractivity contribution < 1.29 is 13.2 Å². The number of aryl methyl sites for hydroxylation is 1. The van der Waals surface area contributed by atoms with Gasteiger partial charge in [0.25, 0.3) is 0 Å². The number of alkyl halides is 2. The van der Waals surface area contributed by atoms with Gasteiger partial charge in [-0.3, -0.25) is 4.57 Å². The van der Waals surface area contributed by atoms with Gasteiger partial charge in [0, 0.05) is 12.4 Å². The summed E-state index contributed by atoms with van der Waals surface area (Å²) in [6, 6.07) is 3.68. The van der Waals surface area contributed by atoms with Crippen LogP contribution in [0.15, 0.2) is 28.9 Å². The van der Waals surface area contributed by atoms with E-state index in [0.29, 0.717) is 5.82 Å². The lowest BCUT2D eigenvalue weighted by Gasteiger charge is -2.12. The van der Waals surface area contributed by atoms with E-state index in [1.54, 1.807) is 0 Å². The van der Waals surface area contributed by atoms with Gasteiger partial charge in [0.1, 0.15) is 17.3 Å². The summed E-state index contributed by atoms with van der Waals surface area (Å²) in [5.74, 6) is 1.91. The van der Waals surface area contributed by atoms with Crippen LogP contribution in [-0.4, -0.2) is 9.55 Å². The molecular formula is C12H15F2N3O. The van der Waals surface area contributed by atoms with Crippen LogP contribution in [0.3, 0.4) is 0 Å². The van der Waals surface area contributed by atoms with Gasteiger partial charge in [0.05, 0.1) is 12.6 Å². The molecule has 98 valence electrons. The first-order chi connectivity index (χ1) is 8.58. The molecule has 2 rings (SSSR count). The zero-order valence-corrected chi connectivity index (χ0v) is 10.2. The lowest BCUT2D eigenvalue weighted by Crippen LogP contribution is -2.20. The number of furan rings is 1. The first-order valence-electron chi connectivity index (χ1n) is 5.67. The van der Waals surface area contributed by atoms with E-state index in [9.17, 15) is 8.78 Å². The lowest BCUT2D eigenvalue weighted by atomic mass is 10.2. The summed E-state index contributed by atoms with van der Waals surface area (Å²) >= 11 is 0. The molecule has 0 saturated heterocycles. The Balaban J connectivity index is 1.97. The molecule has 0 amide bonds. The van der Waals surface area contributed by atoms with Crippen molar-refractivity contribution in [3.05, 3.63) is 41.9 Å². The monoisotopic (exact) mass is 255 g/mol. The van der Waals surface area contributed by atoms with Gasteiger partial charge >= 0.3 is 6.55 Å². The minimum atomic E-state index is -2.56. The highest BCUT2D eigenvalue weighted by Crippen LogP contribution is 2.17. The van der Waals surface area contributed by atoms with Crippen LogP contribution in [0.4, 0.5) is 8.78 Å². The third-order valence-corrected chi connectivity index (χ3v) is 2.71. The van der Waals surface area contributed by atoms with E-state index < -0.39 is 6.55 Å². The second-order valence-electron chi connectivity index (χ2n) is 4.08. The molecule has 0 aliphatic heterocycles. The zero-order chi connectivity index (χ0) is 13.1. The maximum absolute atomic E-state index is 12.6. The predicted molar refractivity (Wildman–Crippen MR) is 62.2 cm³/mol. The molecule has 18 heavy (non-hydrogen) atoms. The van der Waals surface area contributed by atoms with Gasteiger partial charge < -0.3 is 9.73 Å². The molecular weight excluding hydrogens is 240 g/mol. The van der Waals surface area contributed by atoms with Crippen LogP contribution in [0.2, 0.25) is 0 Å². The SMILES string of the molecule is Cc1ccc(C(C)NCc2nccn2C(F)F)o1. The standard InChI is InChI=1S/C12H15F2N3O/c1-8-3-4-10(18-8)9(2)16-7-11-15-5-6-17(11)12(13)14/h3-6,9,12,16H,7H2,1-2H3. The van der Waals surface area contributed by atoms with Crippen molar-refractivity contribution in [2.45, 2.75) is 33.0 Å². The molecule has 0 aliphatic rings. The molecule has 0 saturated carbocycles. The van der Waals surface area contributed by atoms with Crippen LogP contribution < -0.4 is 5.32 Å². The number of hydrogen-bond donors (Lipinski definition) is 1. The number of imidazole rings is 1. The summed E-state index contributed by atoms with van der Waals surface area (Å²) in [5, 5.41) is 3.10. The lowest BCUT2D eigenvalue weighted by molar-refractivity contribution is 0.0664. The number of halogens is 2. The minimum Gasteiger partial charge on any atom is -0.465 e. The van der Waals surface area contributed by atoms with Gasteiger partial charge in [-0.2, -0.15) is 8.78 Å². The van der Waals surface area contributed by atoms with E-state index in [1.165, 1.54) is 12.4 Å². The first-order valence-corrected chi connectivity index (χ1v) is 5.67. The minimum absolute atomic E-state index is 0.0541. The van der Waals surface area contributed by atoms with Crippen molar-refractivity contribution in [3.63, 3.8) is 0 Å². The molecule has 6 heteroatoms. The summed E-state index contributed by atoms with van der Waals surface area (Å²) in [5.41, 5.74) is 0. The molecule has 1 atom stereocenters. The van der Waals surface area contributed by atoms with Crippen LogP contribution >= 0.6 is 0 Å². The highest BCUT2D eigenvalue weighted by molar-refractivity contribution is 5.09.